The molecule has 0 heterocycles. The van der Waals surface area contributed by atoms with Gasteiger partial charge in [-0.25, -0.2) is 9.59 Å². The minimum atomic E-state index is -1.14. The van der Waals surface area contributed by atoms with E-state index >= 15 is 0 Å². The molecule has 1 fully saturated rings. The summed E-state index contributed by atoms with van der Waals surface area (Å²) in [5.74, 6) is -1.14. The maximum atomic E-state index is 11.9. The molecule has 0 aliphatic heterocycles. The first-order valence-electron chi connectivity index (χ1n) is 6.00. The SMILES string of the molecule is COCCN(C(=O)NC(CCO)C(=O)O)C1CC1. The molecule has 3 N–H and O–H groups in total. The van der Waals surface area contributed by atoms with Crippen LogP contribution in [0, 0.1) is 0 Å². The van der Waals surface area contributed by atoms with Gasteiger partial charge in [0.25, 0.3) is 0 Å². The summed E-state index contributed by atoms with van der Waals surface area (Å²) in [6, 6.07) is -1.27. The summed E-state index contributed by atoms with van der Waals surface area (Å²) < 4.78 is 4.92. The van der Waals surface area contributed by atoms with Crippen molar-refractivity contribution < 1.29 is 24.5 Å². The molecule has 0 aromatic carbocycles. The van der Waals surface area contributed by atoms with E-state index in [4.69, 9.17) is 14.9 Å². The zero-order valence-electron chi connectivity index (χ0n) is 10.5. The van der Waals surface area contributed by atoms with E-state index in [1.807, 2.05) is 0 Å². The number of nitrogens with one attached hydrogen (secondary N) is 1. The molecule has 0 aromatic heterocycles. The van der Waals surface area contributed by atoms with Crippen molar-refractivity contribution in [1.82, 2.24) is 10.2 Å². The molecule has 7 heteroatoms. The number of carboxylic acid groups (broad SMARTS) is 1. The van der Waals surface area contributed by atoms with Crippen LogP contribution in [-0.2, 0) is 9.53 Å². The maximum Gasteiger partial charge on any atom is 0.326 e. The third-order valence-corrected chi connectivity index (χ3v) is 2.80. The average molecular weight is 260 g/mol. The molecule has 1 aliphatic carbocycles. The zero-order valence-corrected chi connectivity index (χ0v) is 10.5. The number of carboxylic acids is 1. The lowest BCUT2D eigenvalue weighted by atomic mass is 10.2. The van der Waals surface area contributed by atoms with E-state index in [0.717, 1.165) is 12.8 Å². The summed E-state index contributed by atoms with van der Waals surface area (Å²) in [5, 5.41) is 20.1. The normalized spacial score (nSPS) is 16.1. The lowest BCUT2D eigenvalue weighted by Gasteiger charge is -2.24. The van der Waals surface area contributed by atoms with E-state index < -0.39 is 18.0 Å². The Kier molecular flexibility index (Phi) is 5.87. The second-order valence-electron chi connectivity index (χ2n) is 4.27. The van der Waals surface area contributed by atoms with E-state index in [1.165, 1.54) is 0 Å². The number of urea groups is 1. The Morgan fingerprint density at radius 2 is 2.17 bits per heavy atom. The smallest absolute Gasteiger partial charge is 0.326 e. The summed E-state index contributed by atoms with van der Waals surface area (Å²) in [5.41, 5.74) is 0. The first-order valence-corrected chi connectivity index (χ1v) is 6.00. The molecule has 0 aromatic rings. The van der Waals surface area contributed by atoms with Crippen LogP contribution in [0.3, 0.4) is 0 Å². The van der Waals surface area contributed by atoms with Crippen molar-refractivity contribution in [2.75, 3.05) is 26.9 Å². The van der Waals surface area contributed by atoms with Crippen molar-refractivity contribution in [2.24, 2.45) is 0 Å². The highest BCUT2D eigenvalue weighted by molar-refractivity contribution is 5.82. The van der Waals surface area contributed by atoms with E-state index in [0.29, 0.717) is 13.2 Å². The fourth-order valence-electron chi connectivity index (χ4n) is 1.64. The largest absolute Gasteiger partial charge is 0.480 e. The number of methoxy groups -OCH3 is 1. The number of aliphatic hydroxyl groups is 1. The lowest BCUT2D eigenvalue weighted by Crippen LogP contribution is -2.49. The molecule has 2 amide bonds. The molecule has 7 nitrogen and oxygen atoms in total. The molecule has 0 saturated heterocycles. The Balaban J connectivity index is 2.50. The van der Waals surface area contributed by atoms with Gasteiger partial charge in [0.2, 0.25) is 0 Å². The van der Waals surface area contributed by atoms with Crippen LogP contribution in [0.4, 0.5) is 4.79 Å². The monoisotopic (exact) mass is 260 g/mol. The Morgan fingerprint density at radius 1 is 1.50 bits per heavy atom. The first-order chi connectivity index (χ1) is 8.60. The number of aliphatic hydroxyl groups excluding tert-OH is 1. The van der Waals surface area contributed by atoms with Gasteiger partial charge in [-0.1, -0.05) is 0 Å². The number of carbonyl (C=O) groups is 2. The van der Waals surface area contributed by atoms with Crippen LogP contribution in [-0.4, -0.2) is 66.1 Å². The van der Waals surface area contributed by atoms with Gasteiger partial charge in [-0.3, -0.25) is 0 Å². The molecule has 1 atom stereocenters. The number of carbonyl (C=O) groups excluding carboxylic acids is 1. The van der Waals surface area contributed by atoms with Gasteiger partial charge in [-0.05, 0) is 12.8 Å². The van der Waals surface area contributed by atoms with E-state index in [9.17, 15) is 9.59 Å². The van der Waals surface area contributed by atoms with Gasteiger partial charge in [0.05, 0.1) is 6.61 Å². The van der Waals surface area contributed by atoms with Crippen LogP contribution >= 0.6 is 0 Å². The molecule has 0 bridgehead atoms. The van der Waals surface area contributed by atoms with Crippen LogP contribution in [0.25, 0.3) is 0 Å². The number of amides is 2. The van der Waals surface area contributed by atoms with Gasteiger partial charge < -0.3 is 25.2 Å². The van der Waals surface area contributed by atoms with Crippen LogP contribution in [0.15, 0.2) is 0 Å². The lowest BCUT2D eigenvalue weighted by molar-refractivity contribution is -0.139. The highest BCUT2D eigenvalue weighted by Gasteiger charge is 2.33. The quantitative estimate of drug-likeness (QED) is 0.553. The first kappa shape index (κ1) is 14.7. The highest BCUT2D eigenvalue weighted by atomic mass is 16.5. The van der Waals surface area contributed by atoms with Crippen molar-refractivity contribution in [2.45, 2.75) is 31.3 Å². The van der Waals surface area contributed by atoms with Gasteiger partial charge >= 0.3 is 12.0 Å². The zero-order chi connectivity index (χ0) is 13.5. The number of nitrogens with zero attached hydrogens (tertiary/aromatic N) is 1. The second-order valence-corrected chi connectivity index (χ2v) is 4.27. The number of ether oxygens (including phenoxy) is 1. The average Bonchev–Trinajstić information content (AvgIpc) is 3.13. The predicted octanol–water partition coefficient (Wildman–Crippen LogP) is -0.358. The highest BCUT2D eigenvalue weighted by Crippen LogP contribution is 2.26. The number of hydrogen-bond acceptors (Lipinski definition) is 4. The van der Waals surface area contributed by atoms with Gasteiger partial charge in [-0.15, -0.1) is 0 Å². The Labute approximate surface area is 106 Å². The molecule has 1 rings (SSSR count). The molecule has 0 radical (unpaired) electrons. The molecule has 1 unspecified atom stereocenters. The summed E-state index contributed by atoms with van der Waals surface area (Å²) in [7, 11) is 1.55. The molecule has 0 spiro atoms. The summed E-state index contributed by atoms with van der Waals surface area (Å²) in [6.45, 7) is 0.582. The number of rotatable bonds is 8. The minimum Gasteiger partial charge on any atom is -0.480 e. The van der Waals surface area contributed by atoms with Crippen molar-refractivity contribution in [3.63, 3.8) is 0 Å². The van der Waals surface area contributed by atoms with Gasteiger partial charge in [0, 0.05) is 32.7 Å². The van der Waals surface area contributed by atoms with Crippen LogP contribution in [0.2, 0.25) is 0 Å². The summed E-state index contributed by atoms with van der Waals surface area (Å²) in [4.78, 5) is 24.4. The standard InChI is InChI=1S/C11H20N2O5/c1-18-7-5-13(8-2-3-8)11(17)12-9(4-6-14)10(15)16/h8-9,14H,2-7H2,1H3,(H,12,17)(H,15,16). The molecule has 104 valence electrons. The summed E-state index contributed by atoms with van der Waals surface area (Å²) in [6.07, 6.45) is 1.88. The molecular formula is C11H20N2O5. The third-order valence-electron chi connectivity index (χ3n) is 2.80. The third kappa shape index (κ3) is 4.50. The molecular weight excluding hydrogens is 240 g/mol. The molecule has 1 saturated carbocycles. The van der Waals surface area contributed by atoms with E-state index in [1.54, 1.807) is 12.0 Å². The predicted molar refractivity (Wildman–Crippen MR) is 63.3 cm³/mol. The Morgan fingerprint density at radius 3 is 2.61 bits per heavy atom. The molecule has 1 aliphatic rings. The Hall–Kier alpha value is -1.34. The van der Waals surface area contributed by atoms with Crippen molar-refractivity contribution in [3.05, 3.63) is 0 Å². The number of aliphatic carboxylic acids is 1. The minimum absolute atomic E-state index is 0.00383. The maximum absolute atomic E-state index is 11.9. The van der Waals surface area contributed by atoms with Gasteiger partial charge in [-0.2, -0.15) is 0 Å². The summed E-state index contributed by atoms with van der Waals surface area (Å²) >= 11 is 0. The Bertz CT molecular complexity index is 293. The van der Waals surface area contributed by atoms with Crippen LogP contribution < -0.4 is 5.32 Å². The van der Waals surface area contributed by atoms with Gasteiger partial charge in [0.15, 0.2) is 0 Å². The van der Waals surface area contributed by atoms with Gasteiger partial charge in [0.1, 0.15) is 6.04 Å². The second kappa shape index (κ2) is 7.17. The topological polar surface area (TPSA) is 99.1 Å². The van der Waals surface area contributed by atoms with Crippen LogP contribution in [0.5, 0.6) is 0 Å². The van der Waals surface area contributed by atoms with Crippen molar-refractivity contribution >= 4 is 12.0 Å². The fourth-order valence-corrected chi connectivity index (χ4v) is 1.64. The van der Waals surface area contributed by atoms with Crippen molar-refractivity contribution in [3.8, 4) is 0 Å². The van der Waals surface area contributed by atoms with Crippen molar-refractivity contribution in [1.29, 1.82) is 0 Å². The number of hydrogen-bond donors (Lipinski definition) is 3. The van der Waals surface area contributed by atoms with Crippen LogP contribution in [0.1, 0.15) is 19.3 Å². The molecule has 18 heavy (non-hydrogen) atoms. The fraction of sp³-hybridized carbons (Fsp3) is 0.818. The van der Waals surface area contributed by atoms with E-state index in [-0.39, 0.29) is 19.1 Å². The van der Waals surface area contributed by atoms with E-state index in [2.05, 4.69) is 5.32 Å².